The van der Waals surface area contributed by atoms with Crippen molar-refractivity contribution in [1.82, 2.24) is 0 Å². The van der Waals surface area contributed by atoms with Crippen LogP contribution in [0.5, 0.6) is 0 Å². The second-order valence-corrected chi connectivity index (χ2v) is 6.75. The van der Waals surface area contributed by atoms with E-state index in [0.717, 1.165) is 12.8 Å². The highest BCUT2D eigenvalue weighted by molar-refractivity contribution is 5.66. The van der Waals surface area contributed by atoms with Gasteiger partial charge in [0.05, 0.1) is 0 Å². The van der Waals surface area contributed by atoms with Crippen LogP contribution in [0, 0.1) is 27.7 Å². The Kier molecular flexibility index (Phi) is 3.95. The van der Waals surface area contributed by atoms with Crippen LogP contribution in [0.15, 0.2) is 30.3 Å². The molecule has 0 saturated heterocycles. The summed E-state index contributed by atoms with van der Waals surface area (Å²) in [6.07, 6.45) is 6.95. The molecule has 1 aliphatic carbocycles. The van der Waals surface area contributed by atoms with E-state index in [2.05, 4.69) is 71.0 Å². The van der Waals surface area contributed by atoms with Crippen molar-refractivity contribution in [2.45, 2.75) is 53.4 Å². The first-order chi connectivity index (χ1) is 10.5. The van der Waals surface area contributed by atoms with E-state index in [-0.39, 0.29) is 0 Å². The maximum absolute atomic E-state index is 2.39. The molecular weight excluding hydrogens is 264 g/mol. The smallest absolute Gasteiger partial charge is 0.00679 e. The Morgan fingerprint density at radius 2 is 1.73 bits per heavy atom. The molecule has 0 saturated carbocycles. The minimum absolute atomic E-state index is 0.528. The molecule has 0 nitrogen and oxygen atoms in total. The van der Waals surface area contributed by atoms with E-state index in [1.165, 1.54) is 44.5 Å². The van der Waals surface area contributed by atoms with Crippen LogP contribution < -0.4 is 0 Å². The van der Waals surface area contributed by atoms with Crippen molar-refractivity contribution >= 4 is 6.08 Å². The lowest BCUT2D eigenvalue weighted by molar-refractivity contribution is 0.836. The topological polar surface area (TPSA) is 0 Å². The molecule has 114 valence electrons. The Morgan fingerprint density at radius 3 is 2.45 bits per heavy atom. The van der Waals surface area contributed by atoms with Crippen LogP contribution in [0.2, 0.25) is 0 Å². The molecule has 0 amide bonds. The van der Waals surface area contributed by atoms with Crippen molar-refractivity contribution in [2.24, 2.45) is 0 Å². The van der Waals surface area contributed by atoms with Crippen LogP contribution in [-0.4, -0.2) is 0 Å². The fourth-order valence-electron chi connectivity index (χ4n) is 3.98. The third-order valence-corrected chi connectivity index (χ3v) is 5.20. The van der Waals surface area contributed by atoms with Gasteiger partial charge in [0.2, 0.25) is 0 Å². The summed E-state index contributed by atoms with van der Waals surface area (Å²) in [7, 11) is 0. The van der Waals surface area contributed by atoms with Crippen molar-refractivity contribution in [3.05, 3.63) is 74.8 Å². The molecule has 1 atom stereocenters. The zero-order chi connectivity index (χ0) is 15.9. The quantitative estimate of drug-likeness (QED) is 0.666. The van der Waals surface area contributed by atoms with Gasteiger partial charge < -0.3 is 0 Å². The number of fused-ring (bicyclic) bond motifs is 1. The lowest BCUT2D eigenvalue weighted by Crippen LogP contribution is -2.04. The van der Waals surface area contributed by atoms with Crippen LogP contribution in [0.3, 0.4) is 0 Å². The van der Waals surface area contributed by atoms with Gasteiger partial charge in [0.25, 0.3) is 0 Å². The summed E-state index contributed by atoms with van der Waals surface area (Å²) < 4.78 is 0. The van der Waals surface area contributed by atoms with Crippen molar-refractivity contribution in [1.29, 1.82) is 0 Å². The maximum atomic E-state index is 2.39. The monoisotopic (exact) mass is 290 g/mol. The summed E-state index contributed by atoms with van der Waals surface area (Å²) in [5.41, 5.74) is 11.7. The van der Waals surface area contributed by atoms with Crippen molar-refractivity contribution in [2.75, 3.05) is 0 Å². The molecule has 2 aromatic rings. The second kappa shape index (κ2) is 5.76. The molecule has 0 radical (unpaired) electrons. The molecule has 0 aliphatic heterocycles. The van der Waals surface area contributed by atoms with Crippen LogP contribution in [0.4, 0.5) is 0 Å². The van der Waals surface area contributed by atoms with Crippen LogP contribution in [0.25, 0.3) is 6.08 Å². The van der Waals surface area contributed by atoms with Gasteiger partial charge in [0, 0.05) is 5.92 Å². The first-order valence-electron chi connectivity index (χ1n) is 8.38. The highest BCUT2D eigenvalue weighted by atomic mass is 14.2. The third kappa shape index (κ3) is 2.52. The van der Waals surface area contributed by atoms with Gasteiger partial charge in [0.1, 0.15) is 0 Å². The minimum Gasteiger partial charge on any atom is -0.0760 e. The molecule has 0 bridgehead atoms. The van der Waals surface area contributed by atoms with E-state index in [1.807, 2.05) is 0 Å². The summed E-state index contributed by atoms with van der Waals surface area (Å²) in [6.45, 7) is 11.2. The molecule has 0 fully saturated rings. The zero-order valence-corrected chi connectivity index (χ0v) is 14.5. The Bertz CT molecular complexity index is 747. The molecule has 0 aromatic heterocycles. The number of hydrogen-bond acceptors (Lipinski definition) is 0. The number of aryl methyl sites for hydroxylation is 3. The van der Waals surface area contributed by atoms with E-state index >= 15 is 0 Å². The average Bonchev–Trinajstić information content (AvgIpc) is 2.86. The lowest BCUT2D eigenvalue weighted by Gasteiger charge is -2.17. The molecule has 0 heteroatoms. The van der Waals surface area contributed by atoms with Crippen molar-refractivity contribution < 1.29 is 0 Å². The van der Waals surface area contributed by atoms with Gasteiger partial charge in [-0.2, -0.15) is 0 Å². The molecule has 1 aliphatic rings. The van der Waals surface area contributed by atoms with Gasteiger partial charge in [-0.1, -0.05) is 48.9 Å². The van der Waals surface area contributed by atoms with E-state index in [1.54, 1.807) is 0 Å². The molecule has 0 spiro atoms. The average molecular weight is 290 g/mol. The molecule has 22 heavy (non-hydrogen) atoms. The Balaban J connectivity index is 1.96. The Hall–Kier alpha value is -1.82. The van der Waals surface area contributed by atoms with E-state index in [4.69, 9.17) is 0 Å². The van der Waals surface area contributed by atoms with Gasteiger partial charge in [-0.15, -0.1) is 0 Å². The predicted octanol–water partition coefficient (Wildman–Crippen LogP) is 5.84. The van der Waals surface area contributed by atoms with E-state index in [0.29, 0.717) is 5.92 Å². The second-order valence-electron chi connectivity index (χ2n) is 6.75. The minimum atomic E-state index is 0.528. The van der Waals surface area contributed by atoms with Crippen LogP contribution in [-0.2, 0) is 12.8 Å². The molecule has 0 N–H and O–H groups in total. The number of benzene rings is 2. The summed E-state index contributed by atoms with van der Waals surface area (Å²) in [5.74, 6) is 0.528. The van der Waals surface area contributed by atoms with Crippen molar-refractivity contribution in [3.63, 3.8) is 0 Å². The van der Waals surface area contributed by atoms with Gasteiger partial charge in [0.15, 0.2) is 0 Å². The first kappa shape index (κ1) is 15.1. The third-order valence-electron chi connectivity index (χ3n) is 5.20. The predicted molar refractivity (Wildman–Crippen MR) is 96.7 cm³/mol. The van der Waals surface area contributed by atoms with Crippen molar-refractivity contribution in [3.8, 4) is 0 Å². The zero-order valence-electron chi connectivity index (χ0n) is 14.5. The van der Waals surface area contributed by atoms with Crippen LogP contribution >= 0.6 is 0 Å². The Morgan fingerprint density at radius 1 is 0.955 bits per heavy atom. The summed E-state index contributed by atoms with van der Waals surface area (Å²) >= 11 is 0. The molecule has 3 rings (SSSR count). The Labute approximate surface area is 134 Å². The summed E-state index contributed by atoms with van der Waals surface area (Å²) in [5, 5.41) is 0. The fourth-order valence-corrected chi connectivity index (χ4v) is 3.98. The summed E-state index contributed by atoms with van der Waals surface area (Å²) in [6, 6.07) is 9.29. The van der Waals surface area contributed by atoms with Gasteiger partial charge in [-0.25, -0.2) is 0 Å². The highest BCUT2D eigenvalue weighted by Gasteiger charge is 2.20. The normalized spacial score (nSPS) is 16.1. The van der Waals surface area contributed by atoms with E-state index < -0.39 is 0 Å². The highest BCUT2D eigenvalue weighted by Crippen LogP contribution is 2.36. The van der Waals surface area contributed by atoms with Gasteiger partial charge >= 0.3 is 0 Å². The summed E-state index contributed by atoms with van der Waals surface area (Å²) in [4.78, 5) is 0. The first-order valence-corrected chi connectivity index (χ1v) is 8.38. The number of hydrogen-bond donors (Lipinski definition) is 0. The number of rotatable bonds is 3. The lowest BCUT2D eigenvalue weighted by atomic mass is 9.87. The van der Waals surface area contributed by atoms with Crippen LogP contribution in [0.1, 0.15) is 57.3 Å². The molecular formula is C22H26. The largest absolute Gasteiger partial charge is 0.0760 e. The SMILES string of the molecule is CCc1c(C)ccc(CC2C=Cc3c(C)cc(C)cc32)c1C. The maximum Gasteiger partial charge on any atom is 0.00679 e. The molecule has 2 aromatic carbocycles. The standard InChI is InChI=1S/C22H26/c1-6-20-15(3)7-8-18(17(20)5)13-19-9-10-21-16(4)11-14(2)12-22(19)21/h7-12,19H,6,13H2,1-5H3. The van der Waals surface area contributed by atoms with E-state index in [9.17, 15) is 0 Å². The molecule has 1 unspecified atom stereocenters. The fraction of sp³-hybridized carbons (Fsp3) is 0.364. The number of allylic oxidation sites excluding steroid dienone is 1. The van der Waals surface area contributed by atoms with Gasteiger partial charge in [-0.05, 0) is 79.5 Å². The van der Waals surface area contributed by atoms with Gasteiger partial charge in [-0.3, -0.25) is 0 Å². The molecule has 0 heterocycles.